The molecule has 7 heteroatoms. The Balaban J connectivity index is 1.38. The lowest BCUT2D eigenvalue weighted by Crippen LogP contribution is -2.45. The molecule has 1 heterocycles. The first kappa shape index (κ1) is 34.2. The van der Waals surface area contributed by atoms with Crippen molar-refractivity contribution >= 4 is 23.2 Å². The summed E-state index contributed by atoms with van der Waals surface area (Å²) in [5.41, 5.74) is 6.98. The lowest BCUT2D eigenvalue weighted by molar-refractivity contribution is -0.120. The average molecular weight is 661 g/mol. The molecule has 0 spiro atoms. The van der Waals surface area contributed by atoms with Crippen LogP contribution in [0.5, 0.6) is 11.5 Å². The number of ketones is 2. The number of aryl methyl sites for hydroxylation is 1. The maximum Gasteiger partial charge on any atom is 0.262 e. The zero-order valence-corrected chi connectivity index (χ0v) is 29.7. The number of rotatable bonds is 10. The number of benzene rings is 3. The van der Waals surface area contributed by atoms with Gasteiger partial charge in [-0.25, -0.2) is 0 Å². The van der Waals surface area contributed by atoms with Gasteiger partial charge in [0.25, 0.3) is 5.91 Å². The second-order valence-electron chi connectivity index (χ2n) is 15.3. The number of amides is 1. The Bertz CT molecular complexity index is 1760. The summed E-state index contributed by atoms with van der Waals surface area (Å²) in [5, 5.41) is 2.87. The molecule has 0 atom stereocenters. The molecule has 0 saturated heterocycles. The molecule has 0 radical (unpaired) electrons. The number of allylic oxidation sites excluding steroid dienone is 4. The van der Waals surface area contributed by atoms with Gasteiger partial charge in [-0.05, 0) is 79.3 Å². The molecule has 3 aromatic rings. The second kappa shape index (κ2) is 13.7. The minimum atomic E-state index is -0.497. The van der Waals surface area contributed by atoms with Crippen molar-refractivity contribution < 1.29 is 23.9 Å². The molecule has 0 saturated carbocycles. The molecule has 0 aromatic heterocycles. The number of carbonyl (C=O) groups excluding carboxylic acids is 3. The Hall–Kier alpha value is -4.65. The van der Waals surface area contributed by atoms with Gasteiger partial charge in [0, 0.05) is 53.5 Å². The fourth-order valence-electron chi connectivity index (χ4n) is 7.61. The molecule has 0 bridgehead atoms. The molecule has 2 aliphatic carbocycles. The van der Waals surface area contributed by atoms with Gasteiger partial charge in [0.15, 0.2) is 29.7 Å². The monoisotopic (exact) mass is 660 g/mol. The topological polar surface area (TPSA) is 84.9 Å². The van der Waals surface area contributed by atoms with Gasteiger partial charge in [-0.1, -0.05) is 81.8 Å². The van der Waals surface area contributed by atoms with Crippen LogP contribution in [0.4, 0.5) is 5.69 Å². The van der Waals surface area contributed by atoms with Crippen LogP contribution in [0, 0.1) is 17.8 Å². The molecule has 1 N–H and O–H groups in total. The molecule has 0 fully saturated rings. The van der Waals surface area contributed by atoms with E-state index < -0.39 is 5.92 Å². The third-order valence-corrected chi connectivity index (χ3v) is 9.78. The van der Waals surface area contributed by atoms with E-state index in [4.69, 9.17) is 9.47 Å². The SMILES string of the molecule is CCOc1cc(C2C3=C(CC(C)(C)CC3=O)N(CCc3ccccc3)C3=C2C(=O)CC(C)(C)C3)ccc1OCC(=O)Nc1ccc(C)cc1. The van der Waals surface area contributed by atoms with Gasteiger partial charge >= 0.3 is 0 Å². The van der Waals surface area contributed by atoms with Gasteiger partial charge in [-0.2, -0.15) is 0 Å². The van der Waals surface area contributed by atoms with Gasteiger partial charge in [-0.15, -0.1) is 0 Å². The molecule has 256 valence electrons. The first-order valence-electron chi connectivity index (χ1n) is 17.4. The fourth-order valence-corrected chi connectivity index (χ4v) is 7.61. The zero-order chi connectivity index (χ0) is 34.9. The molecule has 6 rings (SSSR count). The van der Waals surface area contributed by atoms with E-state index in [0.717, 1.165) is 52.9 Å². The molecule has 0 unspecified atom stereocenters. The summed E-state index contributed by atoms with van der Waals surface area (Å²) < 4.78 is 12.1. The molecule has 1 amide bonds. The summed E-state index contributed by atoms with van der Waals surface area (Å²) >= 11 is 0. The van der Waals surface area contributed by atoms with Crippen molar-refractivity contribution in [3.63, 3.8) is 0 Å². The zero-order valence-electron chi connectivity index (χ0n) is 29.7. The highest BCUT2D eigenvalue weighted by Gasteiger charge is 2.49. The highest BCUT2D eigenvalue weighted by atomic mass is 16.5. The van der Waals surface area contributed by atoms with Gasteiger partial charge in [0.2, 0.25) is 0 Å². The first-order chi connectivity index (χ1) is 23.3. The van der Waals surface area contributed by atoms with E-state index in [-0.39, 0.29) is 34.9 Å². The predicted molar refractivity (Wildman–Crippen MR) is 193 cm³/mol. The van der Waals surface area contributed by atoms with Crippen LogP contribution in [0.15, 0.2) is 95.3 Å². The third kappa shape index (κ3) is 7.51. The molecular weight excluding hydrogens is 612 g/mol. The summed E-state index contributed by atoms with van der Waals surface area (Å²) in [7, 11) is 0. The predicted octanol–water partition coefficient (Wildman–Crippen LogP) is 8.34. The van der Waals surface area contributed by atoms with Crippen molar-refractivity contribution in [3.05, 3.63) is 112 Å². The fraction of sp³-hybridized carbons (Fsp3) is 0.405. The number of ether oxygens (including phenoxy) is 2. The number of nitrogens with one attached hydrogen (secondary N) is 1. The van der Waals surface area contributed by atoms with Crippen LogP contribution < -0.4 is 14.8 Å². The Labute approximate surface area is 290 Å². The summed E-state index contributed by atoms with van der Waals surface area (Å²) in [6.45, 7) is 13.4. The van der Waals surface area contributed by atoms with Crippen LogP contribution in [-0.2, 0) is 20.8 Å². The minimum absolute atomic E-state index is 0.0937. The number of nitrogens with zero attached hydrogens (tertiary/aromatic N) is 1. The Kier molecular flexibility index (Phi) is 9.56. The Morgan fingerprint density at radius 3 is 2.00 bits per heavy atom. The summed E-state index contributed by atoms with van der Waals surface area (Å²) in [6.07, 6.45) is 3.15. The van der Waals surface area contributed by atoms with Crippen molar-refractivity contribution in [3.8, 4) is 11.5 Å². The van der Waals surface area contributed by atoms with Gasteiger partial charge in [0.05, 0.1) is 6.61 Å². The summed E-state index contributed by atoms with van der Waals surface area (Å²) in [6, 6.07) is 23.6. The maximum absolute atomic E-state index is 14.3. The van der Waals surface area contributed by atoms with Crippen LogP contribution in [0.3, 0.4) is 0 Å². The number of hydrogen-bond donors (Lipinski definition) is 1. The lowest BCUT2D eigenvalue weighted by Gasteiger charge is -2.49. The maximum atomic E-state index is 14.3. The van der Waals surface area contributed by atoms with Crippen LogP contribution in [-0.4, -0.2) is 42.1 Å². The smallest absolute Gasteiger partial charge is 0.262 e. The second-order valence-corrected chi connectivity index (χ2v) is 15.3. The van der Waals surface area contributed by atoms with Crippen molar-refractivity contribution in [2.45, 2.75) is 79.6 Å². The van der Waals surface area contributed by atoms with Crippen LogP contribution in [0.1, 0.15) is 82.9 Å². The highest BCUT2D eigenvalue weighted by Crippen LogP contribution is 2.55. The lowest BCUT2D eigenvalue weighted by atomic mass is 9.63. The number of hydrogen-bond acceptors (Lipinski definition) is 6. The normalized spacial score (nSPS) is 18.6. The average Bonchev–Trinajstić information content (AvgIpc) is 3.03. The van der Waals surface area contributed by atoms with Crippen LogP contribution in [0.2, 0.25) is 0 Å². The number of carbonyl (C=O) groups is 3. The van der Waals surface area contributed by atoms with Gasteiger partial charge in [-0.3, -0.25) is 14.4 Å². The van der Waals surface area contributed by atoms with E-state index in [1.165, 1.54) is 5.56 Å². The van der Waals surface area contributed by atoms with Gasteiger partial charge < -0.3 is 19.7 Å². The highest BCUT2D eigenvalue weighted by molar-refractivity contribution is 6.07. The molecular formula is C42H48N2O5. The molecule has 1 aliphatic heterocycles. The number of anilines is 1. The standard InChI is InChI=1S/C42H48N2O5/c1-7-48-36-21-29(15-18-35(36)49-26-37(47)43-30-16-13-27(2)14-17-30)38-39-31(22-41(3,4)24-33(39)45)44(20-19-28-11-9-8-10-12-28)32-23-42(5,6)25-34(46)40(32)38/h8-18,21,38H,7,19-20,22-26H2,1-6H3,(H,43,47). The van der Waals surface area contributed by atoms with Crippen molar-refractivity contribution in [2.24, 2.45) is 10.8 Å². The van der Waals surface area contributed by atoms with E-state index in [1.54, 1.807) is 6.07 Å². The van der Waals surface area contributed by atoms with Crippen LogP contribution >= 0.6 is 0 Å². The molecule has 49 heavy (non-hydrogen) atoms. The largest absolute Gasteiger partial charge is 0.490 e. The van der Waals surface area contributed by atoms with E-state index in [2.05, 4.69) is 62.2 Å². The van der Waals surface area contributed by atoms with E-state index >= 15 is 0 Å². The van der Waals surface area contributed by atoms with E-state index in [0.29, 0.717) is 43.2 Å². The first-order valence-corrected chi connectivity index (χ1v) is 17.4. The van der Waals surface area contributed by atoms with Crippen molar-refractivity contribution in [2.75, 3.05) is 25.1 Å². The minimum Gasteiger partial charge on any atom is -0.490 e. The van der Waals surface area contributed by atoms with Crippen molar-refractivity contribution in [1.82, 2.24) is 4.90 Å². The molecule has 7 nitrogen and oxygen atoms in total. The quantitative estimate of drug-likeness (QED) is 0.235. The molecule has 3 aromatic carbocycles. The van der Waals surface area contributed by atoms with E-state index in [1.807, 2.05) is 56.3 Å². The van der Waals surface area contributed by atoms with Gasteiger partial charge in [0.1, 0.15) is 0 Å². The molecule has 3 aliphatic rings. The third-order valence-electron chi connectivity index (χ3n) is 9.78. The number of Topliss-reactive ketones (excluding diaryl/α,β-unsaturated/α-hetero) is 2. The summed E-state index contributed by atoms with van der Waals surface area (Å²) in [4.78, 5) is 43.6. The Morgan fingerprint density at radius 2 is 1.41 bits per heavy atom. The van der Waals surface area contributed by atoms with E-state index in [9.17, 15) is 14.4 Å². The summed E-state index contributed by atoms with van der Waals surface area (Å²) in [5.74, 6) is 0.316. The Morgan fingerprint density at radius 1 is 0.796 bits per heavy atom. The van der Waals surface area contributed by atoms with Crippen molar-refractivity contribution in [1.29, 1.82) is 0 Å². The van der Waals surface area contributed by atoms with Crippen LogP contribution in [0.25, 0.3) is 0 Å².